The van der Waals surface area contributed by atoms with E-state index in [0.29, 0.717) is 0 Å². The fourth-order valence-electron chi connectivity index (χ4n) is 3.34. The first-order chi connectivity index (χ1) is 11.2. The van der Waals surface area contributed by atoms with E-state index in [-0.39, 0.29) is 0 Å². The fraction of sp³-hybridized carbons (Fsp3) is 0.773. The molecule has 1 nitrogen and oxygen atoms in total. The smallest absolute Gasteiger partial charge is 0.178 e. The van der Waals surface area contributed by atoms with E-state index >= 15 is 0 Å². The van der Waals surface area contributed by atoms with Gasteiger partial charge in [0, 0.05) is 25.5 Å². The molecular weight excluding hydrogens is 278 g/mol. The average molecular weight is 319 g/mol. The zero-order valence-corrected chi connectivity index (χ0v) is 16.1. The number of pyridine rings is 1. The first-order valence-corrected chi connectivity index (χ1v) is 10.2. The summed E-state index contributed by atoms with van der Waals surface area (Å²) < 4.78 is 2.39. The Bertz CT molecular complexity index is 397. The minimum absolute atomic E-state index is 1.18. The predicted octanol–water partition coefficient (Wildman–Crippen LogP) is 6.68. The third-order valence-corrected chi connectivity index (χ3v) is 4.91. The van der Waals surface area contributed by atoms with Gasteiger partial charge in [0.15, 0.2) is 11.9 Å². The maximum atomic E-state index is 2.39. The molecule has 0 saturated carbocycles. The average Bonchev–Trinajstić information content (AvgIpc) is 2.53. The van der Waals surface area contributed by atoms with Crippen molar-refractivity contribution in [3.63, 3.8) is 0 Å². The van der Waals surface area contributed by atoms with Gasteiger partial charge in [-0.25, -0.2) is 4.57 Å². The van der Waals surface area contributed by atoms with Crippen LogP contribution in [-0.4, -0.2) is 0 Å². The zero-order valence-electron chi connectivity index (χ0n) is 16.1. The molecule has 0 bridgehead atoms. The van der Waals surface area contributed by atoms with E-state index in [0.717, 1.165) is 0 Å². The highest BCUT2D eigenvalue weighted by molar-refractivity contribution is 5.08. The van der Waals surface area contributed by atoms with Gasteiger partial charge in [0.1, 0.15) is 6.54 Å². The van der Waals surface area contributed by atoms with Crippen molar-refractivity contribution in [2.24, 2.45) is 0 Å². The van der Waals surface area contributed by atoms with E-state index in [1.165, 1.54) is 101 Å². The Balaban J connectivity index is 1.86. The summed E-state index contributed by atoms with van der Waals surface area (Å²) in [5, 5.41) is 0. The monoisotopic (exact) mass is 318 g/mol. The number of aryl methyl sites for hydroxylation is 3. The van der Waals surface area contributed by atoms with Crippen LogP contribution in [0.2, 0.25) is 0 Å². The molecule has 0 unspecified atom stereocenters. The molecule has 1 aromatic heterocycles. The van der Waals surface area contributed by atoms with E-state index in [1.807, 2.05) is 0 Å². The summed E-state index contributed by atoms with van der Waals surface area (Å²) in [6.45, 7) is 7.86. The molecule has 0 atom stereocenters. The Morgan fingerprint density at radius 3 is 1.65 bits per heavy atom. The summed E-state index contributed by atoms with van der Waals surface area (Å²) in [6, 6.07) is 4.50. The maximum Gasteiger partial charge on any atom is 0.178 e. The molecule has 0 aliphatic heterocycles. The van der Waals surface area contributed by atoms with Crippen LogP contribution in [0.5, 0.6) is 0 Å². The summed E-state index contributed by atoms with van der Waals surface area (Å²) in [5.74, 6) is 0. The van der Waals surface area contributed by atoms with E-state index in [4.69, 9.17) is 0 Å². The van der Waals surface area contributed by atoms with Crippen molar-refractivity contribution in [1.29, 1.82) is 0 Å². The Hall–Kier alpha value is -0.850. The minimum atomic E-state index is 1.18. The molecule has 1 heterocycles. The Morgan fingerprint density at radius 2 is 1.17 bits per heavy atom. The second kappa shape index (κ2) is 13.6. The number of hydrogen-bond donors (Lipinski definition) is 0. The Morgan fingerprint density at radius 1 is 0.696 bits per heavy atom. The first kappa shape index (κ1) is 20.2. The van der Waals surface area contributed by atoms with Crippen molar-refractivity contribution < 1.29 is 4.57 Å². The van der Waals surface area contributed by atoms with Crippen molar-refractivity contribution in [2.45, 2.75) is 111 Å². The lowest BCUT2D eigenvalue weighted by atomic mass is 10.0. The van der Waals surface area contributed by atoms with Gasteiger partial charge in [-0.2, -0.15) is 0 Å². The number of aromatic nitrogens is 1. The van der Waals surface area contributed by atoms with Gasteiger partial charge in [0.25, 0.3) is 0 Å². The lowest BCUT2D eigenvalue weighted by molar-refractivity contribution is -0.703. The van der Waals surface area contributed by atoms with Gasteiger partial charge in [0.2, 0.25) is 0 Å². The Kier molecular flexibility index (Phi) is 11.9. The van der Waals surface area contributed by atoms with Crippen molar-refractivity contribution in [1.82, 2.24) is 0 Å². The maximum absolute atomic E-state index is 2.39. The van der Waals surface area contributed by atoms with Gasteiger partial charge < -0.3 is 0 Å². The fourth-order valence-corrected chi connectivity index (χ4v) is 3.34. The number of rotatable bonds is 14. The van der Waals surface area contributed by atoms with Crippen LogP contribution in [-0.2, 0) is 6.54 Å². The third kappa shape index (κ3) is 10.5. The molecule has 0 spiro atoms. The summed E-state index contributed by atoms with van der Waals surface area (Å²) in [4.78, 5) is 0. The molecule has 23 heavy (non-hydrogen) atoms. The number of nitrogens with zero attached hydrogens (tertiary/aromatic N) is 1. The second-order valence-corrected chi connectivity index (χ2v) is 7.28. The molecule has 0 fully saturated rings. The third-order valence-electron chi connectivity index (χ3n) is 4.91. The lowest BCUT2D eigenvalue weighted by Gasteiger charge is -2.03. The molecule has 0 aliphatic carbocycles. The molecule has 0 radical (unpaired) electrons. The van der Waals surface area contributed by atoms with Gasteiger partial charge in [-0.3, -0.25) is 0 Å². The van der Waals surface area contributed by atoms with Crippen molar-refractivity contribution in [3.05, 3.63) is 29.6 Å². The Labute approximate surface area is 145 Å². The SMILES string of the molecule is CCCCCCCCCCCCCCC[n+]1ccc(C)cc1C. The van der Waals surface area contributed by atoms with E-state index < -0.39 is 0 Å². The quantitative estimate of drug-likeness (QED) is 0.266. The molecule has 1 heteroatoms. The van der Waals surface area contributed by atoms with Crippen LogP contribution < -0.4 is 4.57 Å². The lowest BCUT2D eigenvalue weighted by Crippen LogP contribution is -2.36. The van der Waals surface area contributed by atoms with E-state index in [9.17, 15) is 0 Å². The van der Waals surface area contributed by atoms with Gasteiger partial charge >= 0.3 is 0 Å². The first-order valence-electron chi connectivity index (χ1n) is 10.2. The topological polar surface area (TPSA) is 3.88 Å². The van der Waals surface area contributed by atoms with Crippen LogP contribution in [0.3, 0.4) is 0 Å². The van der Waals surface area contributed by atoms with Crippen LogP contribution in [0.15, 0.2) is 18.3 Å². The highest BCUT2D eigenvalue weighted by Crippen LogP contribution is 2.12. The molecule has 132 valence electrons. The zero-order chi connectivity index (χ0) is 16.8. The van der Waals surface area contributed by atoms with E-state index in [1.54, 1.807) is 0 Å². The summed E-state index contributed by atoms with van der Waals surface area (Å²) in [7, 11) is 0. The number of unbranched alkanes of at least 4 members (excludes halogenated alkanes) is 12. The molecule has 0 saturated heterocycles. The molecule has 0 aliphatic rings. The largest absolute Gasteiger partial charge is 0.203 e. The van der Waals surface area contributed by atoms with Crippen molar-refractivity contribution >= 4 is 0 Å². The van der Waals surface area contributed by atoms with E-state index in [2.05, 4.69) is 43.7 Å². The normalized spacial score (nSPS) is 11.1. The predicted molar refractivity (Wildman–Crippen MR) is 102 cm³/mol. The van der Waals surface area contributed by atoms with Gasteiger partial charge in [-0.1, -0.05) is 77.6 Å². The van der Waals surface area contributed by atoms with Crippen LogP contribution in [0.4, 0.5) is 0 Å². The van der Waals surface area contributed by atoms with Gasteiger partial charge in [0.05, 0.1) is 0 Å². The summed E-state index contributed by atoms with van der Waals surface area (Å²) >= 11 is 0. The molecule has 0 amide bonds. The second-order valence-electron chi connectivity index (χ2n) is 7.28. The summed E-state index contributed by atoms with van der Waals surface area (Å²) in [5.41, 5.74) is 2.76. The van der Waals surface area contributed by atoms with Crippen LogP contribution >= 0.6 is 0 Å². The van der Waals surface area contributed by atoms with Gasteiger partial charge in [-0.15, -0.1) is 0 Å². The highest BCUT2D eigenvalue weighted by Gasteiger charge is 2.05. The molecule has 1 rings (SSSR count). The number of hydrogen-bond acceptors (Lipinski definition) is 0. The van der Waals surface area contributed by atoms with Crippen LogP contribution in [0.25, 0.3) is 0 Å². The highest BCUT2D eigenvalue weighted by atomic mass is 14.9. The molecule has 0 N–H and O–H groups in total. The standard InChI is InChI=1S/C22H40N/c1-4-5-6-7-8-9-10-11-12-13-14-15-16-18-23-19-17-21(2)20-22(23)3/h17,19-20H,4-16,18H2,1-3H3/q+1. The minimum Gasteiger partial charge on any atom is -0.203 e. The van der Waals surface area contributed by atoms with Crippen LogP contribution in [0.1, 0.15) is 102 Å². The van der Waals surface area contributed by atoms with Crippen molar-refractivity contribution in [2.75, 3.05) is 0 Å². The molecule has 1 aromatic rings. The van der Waals surface area contributed by atoms with Crippen LogP contribution in [0, 0.1) is 13.8 Å². The van der Waals surface area contributed by atoms with Crippen molar-refractivity contribution in [3.8, 4) is 0 Å². The molecule has 0 aromatic carbocycles. The molecular formula is C22H40N+. The van der Waals surface area contributed by atoms with Gasteiger partial charge in [-0.05, 0) is 18.9 Å². The summed E-state index contributed by atoms with van der Waals surface area (Å²) in [6.07, 6.45) is 20.8.